The summed E-state index contributed by atoms with van der Waals surface area (Å²) < 4.78 is 5.84. The van der Waals surface area contributed by atoms with Crippen molar-refractivity contribution < 1.29 is 9.21 Å². The Hall–Kier alpha value is -1.78. The first kappa shape index (κ1) is 17.6. The van der Waals surface area contributed by atoms with Crippen molar-refractivity contribution in [1.82, 2.24) is 10.2 Å². The third kappa shape index (κ3) is 5.73. The van der Waals surface area contributed by atoms with Gasteiger partial charge in [-0.05, 0) is 49.4 Å². The molecule has 2 rings (SSSR count). The van der Waals surface area contributed by atoms with Gasteiger partial charge in [0.2, 0.25) is 5.91 Å². The monoisotopic (exact) mass is 334 g/mol. The molecule has 0 saturated heterocycles. The Bertz CT molecular complexity index is 635. The maximum Gasteiger partial charge on any atom is 0.234 e. The lowest BCUT2D eigenvalue weighted by Gasteiger charge is -2.15. The average molecular weight is 335 g/mol. The van der Waals surface area contributed by atoms with Crippen LogP contribution in [0, 0.1) is 5.92 Å². The topological polar surface area (TPSA) is 45.5 Å². The van der Waals surface area contributed by atoms with Crippen molar-refractivity contribution in [3.05, 3.63) is 47.2 Å². The Kier molecular flexibility index (Phi) is 6.25. The molecular weight excluding hydrogens is 312 g/mol. The van der Waals surface area contributed by atoms with Crippen LogP contribution >= 0.6 is 11.6 Å². The van der Waals surface area contributed by atoms with Crippen LogP contribution in [0.25, 0.3) is 11.3 Å². The average Bonchev–Trinajstić information content (AvgIpc) is 2.94. The Morgan fingerprint density at radius 2 is 1.91 bits per heavy atom. The van der Waals surface area contributed by atoms with Crippen LogP contribution in [0.2, 0.25) is 5.02 Å². The van der Waals surface area contributed by atoms with Gasteiger partial charge >= 0.3 is 0 Å². The SMILES string of the molecule is CC(C)CNC(=O)CN(C)Cc1ccc(-c2ccc(Cl)cc2)o1. The first-order valence-corrected chi connectivity index (χ1v) is 8.11. The molecule has 124 valence electrons. The van der Waals surface area contributed by atoms with Crippen LogP contribution in [0.5, 0.6) is 0 Å². The van der Waals surface area contributed by atoms with Crippen molar-refractivity contribution >= 4 is 17.5 Å². The second-order valence-corrected chi connectivity index (χ2v) is 6.58. The summed E-state index contributed by atoms with van der Waals surface area (Å²) in [5.74, 6) is 2.12. The molecule has 0 aliphatic carbocycles. The van der Waals surface area contributed by atoms with Gasteiger partial charge in [-0.25, -0.2) is 0 Å². The van der Waals surface area contributed by atoms with E-state index in [1.165, 1.54) is 0 Å². The summed E-state index contributed by atoms with van der Waals surface area (Å²) in [7, 11) is 1.90. The number of carbonyl (C=O) groups excluding carboxylic acids is 1. The Morgan fingerprint density at radius 3 is 2.57 bits per heavy atom. The lowest BCUT2D eigenvalue weighted by atomic mass is 10.2. The second-order valence-electron chi connectivity index (χ2n) is 6.14. The fraction of sp³-hybridized carbons (Fsp3) is 0.389. The number of likely N-dealkylation sites (N-methyl/N-ethyl adjacent to an activating group) is 1. The predicted octanol–water partition coefficient (Wildman–Crippen LogP) is 3.80. The molecule has 1 N–H and O–H groups in total. The van der Waals surface area contributed by atoms with E-state index in [1.807, 2.05) is 48.3 Å². The zero-order valence-corrected chi connectivity index (χ0v) is 14.6. The first-order chi connectivity index (χ1) is 10.9. The number of hydrogen-bond acceptors (Lipinski definition) is 3. The highest BCUT2D eigenvalue weighted by molar-refractivity contribution is 6.30. The maximum absolute atomic E-state index is 11.8. The molecule has 0 aliphatic rings. The minimum absolute atomic E-state index is 0.0330. The highest BCUT2D eigenvalue weighted by Crippen LogP contribution is 2.24. The molecule has 0 unspecified atom stereocenters. The van der Waals surface area contributed by atoms with E-state index in [1.54, 1.807) is 0 Å². The third-order valence-corrected chi connectivity index (χ3v) is 3.59. The quantitative estimate of drug-likeness (QED) is 0.837. The van der Waals surface area contributed by atoms with Crippen molar-refractivity contribution in [3.8, 4) is 11.3 Å². The summed E-state index contributed by atoms with van der Waals surface area (Å²) in [6.45, 7) is 5.79. The second kappa shape index (κ2) is 8.18. The molecule has 5 heteroatoms. The molecule has 0 aliphatic heterocycles. The van der Waals surface area contributed by atoms with E-state index in [0.29, 0.717) is 30.6 Å². The van der Waals surface area contributed by atoms with Gasteiger partial charge in [0.1, 0.15) is 11.5 Å². The molecule has 0 spiro atoms. The zero-order chi connectivity index (χ0) is 16.8. The standard InChI is InChI=1S/C18H23ClN2O2/c1-13(2)10-20-18(22)12-21(3)11-16-8-9-17(23-16)14-4-6-15(19)7-5-14/h4-9,13H,10-12H2,1-3H3,(H,20,22). The summed E-state index contributed by atoms with van der Waals surface area (Å²) in [4.78, 5) is 13.7. The fourth-order valence-corrected chi connectivity index (χ4v) is 2.30. The van der Waals surface area contributed by atoms with Gasteiger partial charge in [0.25, 0.3) is 0 Å². The van der Waals surface area contributed by atoms with Gasteiger partial charge in [0.15, 0.2) is 0 Å². The fourth-order valence-electron chi connectivity index (χ4n) is 2.17. The van der Waals surface area contributed by atoms with E-state index in [2.05, 4.69) is 19.2 Å². The Morgan fingerprint density at radius 1 is 1.22 bits per heavy atom. The van der Waals surface area contributed by atoms with Crippen LogP contribution < -0.4 is 5.32 Å². The Labute approximate surface area is 142 Å². The van der Waals surface area contributed by atoms with E-state index in [0.717, 1.165) is 17.1 Å². The van der Waals surface area contributed by atoms with Crippen LogP contribution in [0.4, 0.5) is 0 Å². The van der Waals surface area contributed by atoms with Gasteiger partial charge in [-0.15, -0.1) is 0 Å². The Balaban J connectivity index is 1.88. The molecule has 0 bridgehead atoms. The molecule has 0 fully saturated rings. The molecule has 4 nitrogen and oxygen atoms in total. The van der Waals surface area contributed by atoms with E-state index in [9.17, 15) is 4.79 Å². The van der Waals surface area contributed by atoms with Crippen molar-refractivity contribution in [3.63, 3.8) is 0 Å². The highest BCUT2D eigenvalue weighted by Gasteiger charge is 2.10. The number of nitrogens with zero attached hydrogens (tertiary/aromatic N) is 1. The van der Waals surface area contributed by atoms with Gasteiger partial charge < -0.3 is 9.73 Å². The number of halogens is 1. The molecule has 2 aromatic rings. The van der Waals surface area contributed by atoms with Crippen LogP contribution in [-0.4, -0.2) is 30.9 Å². The summed E-state index contributed by atoms with van der Waals surface area (Å²) in [6, 6.07) is 11.4. The van der Waals surface area contributed by atoms with Crippen molar-refractivity contribution in [2.45, 2.75) is 20.4 Å². The predicted molar refractivity (Wildman–Crippen MR) is 93.3 cm³/mol. The minimum Gasteiger partial charge on any atom is -0.460 e. The number of benzene rings is 1. The van der Waals surface area contributed by atoms with Gasteiger partial charge in [-0.1, -0.05) is 25.4 Å². The summed E-state index contributed by atoms with van der Waals surface area (Å²) in [5.41, 5.74) is 0.984. The van der Waals surface area contributed by atoms with E-state index in [4.69, 9.17) is 16.0 Å². The molecule has 1 aromatic heterocycles. The van der Waals surface area contributed by atoms with E-state index < -0.39 is 0 Å². The van der Waals surface area contributed by atoms with Crippen LogP contribution in [0.3, 0.4) is 0 Å². The number of amides is 1. The molecule has 0 saturated carbocycles. The summed E-state index contributed by atoms with van der Waals surface area (Å²) in [6.07, 6.45) is 0. The molecular formula is C18H23ClN2O2. The molecule has 1 amide bonds. The van der Waals surface area contributed by atoms with E-state index in [-0.39, 0.29) is 5.91 Å². The number of rotatable bonds is 7. The first-order valence-electron chi connectivity index (χ1n) is 7.74. The van der Waals surface area contributed by atoms with Crippen LogP contribution in [-0.2, 0) is 11.3 Å². The number of nitrogens with one attached hydrogen (secondary N) is 1. The third-order valence-electron chi connectivity index (χ3n) is 3.34. The largest absolute Gasteiger partial charge is 0.460 e. The molecule has 0 atom stereocenters. The maximum atomic E-state index is 11.8. The van der Waals surface area contributed by atoms with Crippen LogP contribution in [0.15, 0.2) is 40.8 Å². The minimum atomic E-state index is 0.0330. The van der Waals surface area contributed by atoms with Gasteiger partial charge in [0, 0.05) is 17.1 Å². The lowest BCUT2D eigenvalue weighted by molar-refractivity contribution is -0.122. The highest BCUT2D eigenvalue weighted by atomic mass is 35.5. The van der Waals surface area contributed by atoms with Crippen molar-refractivity contribution in [1.29, 1.82) is 0 Å². The van der Waals surface area contributed by atoms with E-state index >= 15 is 0 Å². The van der Waals surface area contributed by atoms with Crippen molar-refractivity contribution in [2.75, 3.05) is 20.1 Å². The van der Waals surface area contributed by atoms with Crippen molar-refractivity contribution in [2.24, 2.45) is 5.92 Å². The van der Waals surface area contributed by atoms with Gasteiger partial charge in [0.05, 0.1) is 13.1 Å². The lowest BCUT2D eigenvalue weighted by Crippen LogP contribution is -2.36. The molecule has 23 heavy (non-hydrogen) atoms. The number of hydrogen-bond donors (Lipinski definition) is 1. The number of carbonyl (C=O) groups is 1. The normalized spacial score (nSPS) is 11.2. The molecule has 0 radical (unpaired) electrons. The smallest absolute Gasteiger partial charge is 0.234 e. The van der Waals surface area contributed by atoms with Gasteiger partial charge in [-0.2, -0.15) is 0 Å². The number of furan rings is 1. The summed E-state index contributed by atoms with van der Waals surface area (Å²) >= 11 is 5.89. The van der Waals surface area contributed by atoms with Gasteiger partial charge in [-0.3, -0.25) is 9.69 Å². The zero-order valence-electron chi connectivity index (χ0n) is 13.8. The van der Waals surface area contributed by atoms with Crippen LogP contribution in [0.1, 0.15) is 19.6 Å². The molecule has 1 aromatic carbocycles. The summed E-state index contributed by atoms with van der Waals surface area (Å²) in [5, 5.41) is 3.61. The molecule has 1 heterocycles.